The lowest BCUT2D eigenvalue weighted by Crippen LogP contribution is -2.24. The molecule has 0 fully saturated rings. The molecule has 1 N–H and O–H groups in total. The van der Waals surface area contributed by atoms with Gasteiger partial charge in [0.1, 0.15) is 5.82 Å². The Kier molecular flexibility index (Phi) is 5.10. The zero-order valence-electron chi connectivity index (χ0n) is 14.8. The lowest BCUT2D eigenvalue weighted by atomic mass is 10.1. The summed E-state index contributed by atoms with van der Waals surface area (Å²) in [6, 6.07) is 5.94. The van der Waals surface area contributed by atoms with E-state index in [-0.39, 0.29) is 5.91 Å². The number of anilines is 2. The third kappa shape index (κ3) is 3.49. The van der Waals surface area contributed by atoms with E-state index < -0.39 is 0 Å². The fourth-order valence-corrected chi connectivity index (χ4v) is 3.66. The summed E-state index contributed by atoms with van der Waals surface area (Å²) in [6.45, 7) is 7.30. The molecule has 9 heteroatoms. The van der Waals surface area contributed by atoms with Crippen molar-refractivity contribution in [3.8, 4) is 0 Å². The molecule has 0 aliphatic heterocycles. The first-order valence-electron chi connectivity index (χ1n) is 7.89. The van der Waals surface area contributed by atoms with Crippen LogP contribution >= 0.6 is 23.6 Å². The fourth-order valence-electron chi connectivity index (χ4n) is 2.61. The summed E-state index contributed by atoms with van der Waals surface area (Å²) in [5.41, 5.74) is 3.55. The molecule has 0 bridgehead atoms. The van der Waals surface area contributed by atoms with Crippen LogP contribution < -0.4 is 4.90 Å². The molecule has 2 aromatic heterocycles. The highest BCUT2D eigenvalue weighted by Gasteiger charge is 2.21. The van der Waals surface area contributed by atoms with Crippen molar-refractivity contribution < 1.29 is 4.79 Å². The zero-order valence-corrected chi connectivity index (χ0v) is 16.5. The third-order valence-corrected chi connectivity index (χ3v) is 4.91. The summed E-state index contributed by atoms with van der Waals surface area (Å²) in [4.78, 5) is 18.5. The van der Waals surface area contributed by atoms with E-state index in [0.717, 1.165) is 16.8 Å². The van der Waals surface area contributed by atoms with Gasteiger partial charge in [-0.05, 0) is 44.1 Å². The minimum Gasteiger partial charge on any atom is -0.274 e. The maximum atomic E-state index is 12.3. The molecule has 1 amide bonds. The largest absolute Gasteiger partial charge is 0.274 e. The lowest BCUT2D eigenvalue weighted by molar-refractivity contribution is -0.115. The molecule has 0 spiro atoms. The van der Waals surface area contributed by atoms with Crippen molar-refractivity contribution in [1.29, 1.82) is 0 Å². The second-order valence-corrected chi connectivity index (χ2v) is 7.01. The highest BCUT2D eigenvalue weighted by atomic mass is 32.1. The minimum absolute atomic E-state index is 0.0897. The Morgan fingerprint density at radius 2 is 2.04 bits per heavy atom. The Morgan fingerprint density at radius 1 is 1.35 bits per heavy atom. The SMILES string of the molecule is CC(=O)N(c1nc(/C=N\n2c(C)n[nH]c2=S)cs1)c1c(C)cccc1C. The van der Waals surface area contributed by atoms with Gasteiger partial charge < -0.3 is 0 Å². The Hall–Kier alpha value is -2.65. The lowest BCUT2D eigenvalue weighted by Gasteiger charge is -2.22. The van der Waals surface area contributed by atoms with Crippen LogP contribution in [0.3, 0.4) is 0 Å². The normalized spacial score (nSPS) is 11.2. The number of nitrogens with one attached hydrogen (secondary N) is 1. The van der Waals surface area contributed by atoms with Crippen LogP contribution in [0.15, 0.2) is 28.7 Å². The molecule has 1 aromatic carbocycles. The van der Waals surface area contributed by atoms with E-state index in [1.165, 1.54) is 22.9 Å². The molecule has 3 aromatic rings. The van der Waals surface area contributed by atoms with Gasteiger partial charge in [-0.3, -0.25) is 14.8 Å². The van der Waals surface area contributed by atoms with Gasteiger partial charge in [-0.2, -0.15) is 14.9 Å². The molecule has 0 atom stereocenters. The summed E-state index contributed by atoms with van der Waals surface area (Å²) in [5, 5.41) is 13.4. The van der Waals surface area contributed by atoms with Crippen molar-refractivity contribution in [3.05, 3.63) is 51.0 Å². The number of H-pyrrole nitrogens is 1. The predicted molar refractivity (Wildman–Crippen MR) is 106 cm³/mol. The molecule has 134 valence electrons. The highest BCUT2D eigenvalue weighted by Crippen LogP contribution is 2.33. The number of thiazole rings is 1. The van der Waals surface area contributed by atoms with Gasteiger partial charge in [0.15, 0.2) is 5.13 Å². The molecule has 0 saturated heterocycles. The topological polar surface area (TPSA) is 79.2 Å². The van der Waals surface area contributed by atoms with Crippen LogP contribution in [-0.2, 0) is 4.79 Å². The standard InChI is InChI=1S/C17H18N6OS2/c1-10-6-5-7-11(2)15(10)22(13(4)24)17-19-14(9-26-17)8-18-23-12(3)20-21-16(23)25/h5-9H,1-4H3,(H,21,25)/b18-8-. The Bertz CT molecular complexity index is 1030. The van der Waals surface area contributed by atoms with Crippen molar-refractivity contribution in [2.75, 3.05) is 4.90 Å². The van der Waals surface area contributed by atoms with E-state index in [4.69, 9.17) is 12.2 Å². The van der Waals surface area contributed by atoms with E-state index >= 15 is 0 Å². The van der Waals surface area contributed by atoms with E-state index in [0.29, 0.717) is 21.4 Å². The number of para-hydroxylation sites is 1. The van der Waals surface area contributed by atoms with Gasteiger partial charge in [0.25, 0.3) is 0 Å². The molecular formula is C17H18N6OS2. The number of benzene rings is 1. The second-order valence-electron chi connectivity index (χ2n) is 5.78. The van der Waals surface area contributed by atoms with Gasteiger partial charge in [-0.1, -0.05) is 18.2 Å². The van der Waals surface area contributed by atoms with Crippen molar-refractivity contribution in [2.24, 2.45) is 5.10 Å². The summed E-state index contributed by atoms with van der Waals surface area (Å²) in [7, 11) is 0. The zero-order chi connectivity index (χ0) is 18.8. The highest BCUT2D eigenvalue weighted by molar-refractivity contribution is 7.71. The van der Waals surface area contributed by atoms with Crippen molar-refractivity contribution in [3.63, 3.8) is 0 Å². The third-order valence-electron chi connectivity index (χ3n) is 3.80. The molecular weight excluding hydrogens is 368 g/mol. The van der Waals surface area contributed by atoms with Crippen LogP contribution in [0, 0.1) is 25.5 Å². The summed E-state index contributed by atoms with van der Waals surface area (Å²) < 4.78 is 1.93. The Morgan fingerprint density at radius 3 is 2.62 bits per heavy atom. The van der Waals surface area contributed by atoms with Crippen LogP contribution in [0.4, 0.5) is 10.8 Å². The van der Waals surface area contributed by atoms with Gasteiger partial charge in [-0.25, -0.2) is 4.98 Å². The smallest absolute Gasteiger partial charge is 0.230 e. The first kappa shape index (κ1) is 18.2. The molecule has 0 aliphatic rings. The number of aromatic amines is 1. The summed E-state index contributed by atoms with van der Waals surface area (Å²) in [5.74, 6) is 0.565. The first-order chi connectivity index (χ1) is 12.4. The number of rotatable bonds is 4. The van der Waals surface area contributed by atoms with Gasteiger partial charge in [0, 0.05) is 12.3 Å². The fraction of sp³-hybridized carbons (Fsp3) is 0.235. The monoisotopic (exact) mass is 386 g/mol. The maximum absolute atomic E-state index is 12.3. The van der Waals surface area contributed by atoms with Crippen LogP contribution in [-0.4, -0.2) is 32.0 Å². The van der Waals surface area contributed by atoms with Crippen molar-refractivity contribution in [2.45, 2.75) is 27.7 Å². The van der Waals surface area contributed by atoms with Crippen LogP contribution in [0.1, 0.15) is 29.6 Å². The van der Waals surface area contributed by atoms with Crippen LogP contribution in [0.5, 0.6) is 0 Å². The van der Waals surface area contributed by atoms with Gasteiger partial charge in [-0.15, -0.1) is 11.3 Å². The van der Waals surface area contributed by atoms with Crippen LogP contribution in [0.25, 0.3) is 0 Å². The molecule has 7 nitrogen and oxygen atoms in total. The number of carbonyl (C=O) groups excluding carboxylic acids is 1. The van der Waals surface area contributed by atoms with Crippen molar-refractivity contribution in [1.82, 2.24) is 19.9 Å². The van der Waals surface area contributed by atoms with Crippen LogP contribution in [0.2, 0.25) is 0 Å². The van der Waals surface area contributed by atoms with E-state index in [9.17, 15) is 4.79 Å². The summed E-state index contributed by atoms with van der Waals surface area (Å²) in [6.07, 6.45) is 1.60. The molecule has 3 rings (SSSR count). The molecule has 0 saturated carbocycles. The van der Waals surface area contributed by atoms with Gasteiger partial charge >= 0.3 is 0 Å². The van der Waals surface area contributed by atoms with Gasteiger partial charge in [0.05, 0.1) is 17.6 Å². The van der Waals surface area contributed by atoms with E-state index in [1.807, 2.05) is 37.4 Å². The number of aromatic nitrogens is 4. The average molecular weight is 387 g/mol. The van der Waals surface area contributed by atoms with Gasteiger partial charge in [0.2, 0.25) is 10.7 Å². The summed E-state index contributed by atoms with van der Waals surface area (Å²) >= 11 is 6.51. The molecule has 0 aliphatic carbocycles. The Balaban J connectivity index is 1.97. The number of aryl methyl sites for hydroxylation is 3. The van der Waals surface area contributed by atoms with E-state index in [2.05, 4.69) is 20.3 Å². The van der Waals surface area contributed by atoms with E-state index in [1.54, 1.807) is 18.0 Å². The maximum Gasteiger partial charge on any atom is 0.230 e. The molecule has 2 heterocycles. The minimum atomic E-state index is -0.0897. The number of nitrogens with zero attached hydrogens (tertiary/aromatic N) is 5. The quantitative estimate of drug-likeness (QED) is 0.545. The first-order valence-corrected chi connectivity index (χ1v) is 9.18. The molecule has 0 unspecified atom stereocenters. The second kappa shape index (κ2) is 7.30. The number of hydrogen-bond donors (Lipinski definition) is 1. The molecule has 0 radical (unpaired) electrons. The number of amides is 1. The predicted octanol–water partition coefficient (Wildman–Crippen LogP) is 3.89. The average Bonchev–Trinajstić information content (AvgIpc) is 3.16. The van der Waals surface area contributed by atoms with Crippen molar-refractivity contribution >= 4 is 46.5 Å². The molecule has 26 heavy (non-hydrogen) atoms. The number of carbonyl (C=O) groups is 1. The Labute approximate surface area is 160 Å². The number of hydrogen-bond acceptors (Lipinski definition) is 6.